The van der Waals surface area contributed by atoms with E-state index < -0.39 is 5.54 Å². The number of carbonyl (C=O) groups is 1. The monoisotopic (exact) mass is 348 g/mol. The van der Waals surface area contributed by atoms with Crippen molar-refractivity contribution in [2.45, 2.75) is 64.0 Å². The third kappa shape index (κ3) is 4.20. The first-order chi connectivity index (χ1) is 11.9. The summed E-state index contributed by atoms with van der Waals surface area (Å²) in [6.45, 7) is 8.27. The van der Waals surface area contributed by atoms with Crippen LogP contribution < -0.4 is 5.73 Å². The van der Waals surface area contributed by atoms with Crippen LogP contribution in [0.25, 0.3) is 0 Å². The number of nitrogens with two attached hydrogens (primary N) is 1. The van der Waals surface area contributed by atoms with E-state index in [4.69, 9.17) is 5.73 Å². The van der Waals surface area contributed by atoms with Crippen LogP contribution in [0.3, 0.4) is 0 Å². The van der Waals surface area contributed by atoms with Crippen LogP contribution in [-0.2, 0) is 18.4 Å². The highest BCUT2D eigenvalue weighted by Gasteiger charge is 2.32. The standard InChI is InChI=1S/C18H32N6O/c1-18(2,19)17(25)24-11-7-14(8-12-24)16-21-20-15(22(16)3)13-23-9-5-4-6-10-23/h14H,4-13,19H2,1-3H3. The molecule has 2 aliphatic rings. The maximum absolute atomic E-state index is 12.3. The SMILES string of the molecule is Cn1c(CN2CCCCC2)nnc1C1CCN(C(=O)C(C)(C)N)CC1. The van der Waals surface area contributed by atoms with Gasteiger partial charge in [-0.1, -0.05) is 6.42 Å². The van der Waals surface area contributed by atoms with Gasteiger partial charge >= 0.3 is 0 Å². The first kappa shape index (κ1) is 18.3. The molecule has 1 aromatic rings. The van der Waals surface area contributed by atoms with E-state index in [0.29, 0.717) is 5.92 Å². The molecule has 3 rings (SSSR count). The number of hydrogen-bond donors (Lipinski definition) is 1. The zero-order valence-corrected chi connectivity index (χ0v) is 15.9. The van der Waals surface area contributed by atoms with Crippen molar-refractivity contribution in [3.8, 4) is 0 Å². The van der Waals surface area contributed by atoms with Gasteiger partial charge < -0.3 is 15.2 Å². The lowest BCUT2D eigenvalue weighted by molar-refractivity contribution is -0.136. The van der Waals surface area contributed by atoms with Crippen LogP contribution in [0.4, 0.5) is 0 Å². The minimum atomic E-state index is -0.792. The molecular weight excluding hydrogens is 316 g/mol. The minimum Gasteiger partial charge on any atom is -0.341 e. The molecule has 3 heterocycles. The van der Waals surface area contributed by atoms with Gasteiger partial charge in [-0.15, -0.1) is 10.2 Å². The summed E-state index contributed by atoms with van der Waals surface area (Å²) in [6, 6.07) is 0. The van der Waals surface area contributed by atoms with E-state index >= 15 is 0 Å². The van der Waals surface area contributed by atoms with Crippen molar-refractivity contribution < 1.29 is 4.79 Å². The summed E-state index contributed by atoms with van der Waals surface area (Å²) in [5, 5.41) is 8.93. The lowest BCUT2D eigenvalue weighted by Crippen LogP contribution is -2.53. The third-order valence-corrected chi connectivity index (χ3v) is 5.51. The van der Waals surface area contributed by atoms with E-state index in [1.807, 2.05) is 4.90 Å². The molecule has 0 bridgehead atoms. The van der Waals surface area contributed by atoms with Crippen LogP contribution >= 0.6 is 0 Å². The van der Waals surface area contributed by atoms with E-state index in [1.54, 1.807) is 13.8 Å². The molecule has 25 heavy (non-hydrogen) atoms. The van der Waals surface area contributed by atoms with Crippen LogP contribution in [0.5, 0.6) is 0 Å². The number of hydrogen-bond acceptors (Lipinski definition) is 5. The van der Waals surface area contributed by atoms with Crippen LogP contribution in [-0.4, -0.2) is 62.2 Å². The zero-order valence-electron chi connectivity index (χ0n) is 15.9. The van der Waals surface area contributed by atoms with E-state index in [2.05, 4.69) is 26.7 Å². The van der Waals surface area contributed by atoms with Crippen LogP contribution in [0.2, 0.25) is 0 Å². The molecular formula is C18H32N6O. The van der Waals surface area contributed by atoms with Gasteiger partial charge in [-0.05, 0) is 52.6 Å². The molecule has 1 aromatic heterocycles. The number of aromatic nitrogens is 3. The molecule has 0 saturated carbocycles. The fourth-order valence-electron chi connectivity index (χ4n) is 3.93. The van der Waals surface area contributed by atoms with Crippen LogP contribution in [0.15, 0.2) is 0 Å². The van der Waals surface area contributed by atoms with Gasteiger partial charge in [0.2, 0.25) is 5.91 Å². The summed E-state index contributed by atoms with van der Waals surface area (Å²) in [6.07, 6.45) is 5.77. The molecule has 0 atom stereocenters. The molecule has 0 unspecified atom stereocenters. The number of rotatable bonds is 4. The van der Waals surface area contributed by atoms with Crippen molar-refractivity contribution >= 4 is 5.91 Å². The topological polar surface area (TPSA) is 80.3 Å². The maximum atomic E-state index is 12.3. The molecule has 2 aliphatic heterocycles. The fourth-order valence-corrected chi connectivity index (χ4v) is 3.93. The molecule has 7 nitrogen and oxygen atoms in total. The van der Waals surface area contributed by atoms with E-state index in [1.165, 1.54) is 19.3 Å². The first-order valence-electron chi connectivity index (χ1n) is 9.55. The predicted molar refractivity (Wildman–Crippen MR) is 97.0 cm³/mol. The summed E-state index contributed by atoms with van der Waals surface area (Å²) < 4.78 is 2.17. The Labute approximate surface area is 150 Å². The molecule has 140 valence electrons. The minimum absolute atomic E-state index is 0.0368. The Balaban J connectivity index is 1.59. The van der Waals surface area contributed by atoms with Crippen molar-refractivity contribution in [1.29, 1.82) is 0 Å². The Bertz CT molecular complexity index is 591. The zero-order chi connectivity index (χ0) is 18.0. The number of amides is 1. The van der Waals surface area contributed by atoms with Gasteiger partial charge in [-0.25, -0.2) is 0 Å². The summed E-state index contributed by atoms with van der Waals surface area (Å²) in [5.41, 5.74) is 5.16. The Morgan fingerprint density at radius 3 is 2.36 bits per heavy atom. The van der Waals surface area contributed by atoms with Crippen molar-refractivity contribution in [2.75, 3.05) is 26.2 Å². The number of nitrogens with zero attached hydrogens (tertiary/aromatic N) is 5. The molecule has 0 radical (unpaired) electrons. The smallest absolute Gasteiger partial charge is 0.242 e. The lowest BCUT2D eigenvalue weighted by atomic mass is 9.94. The Morgan fingerprint density at radius 1 is 1.12 bits per heavy atom. The average Bonchev–Trinajstić information content (AvgIpc) is 2.95. The summed E-state index contributed by atoms with van der Waals surface area (Å²) in [7, 11) is 2.08. The molecule has 2 saturated heterocycles. The van der Waals surface area contributed by atoms with Crippen molar-refractivity contribution in [3.63, 3.8) is 0 Å². The van der Waals surface area contributed by atoms with Crippen molar-refractivity contribution in [1.82, 2.24) is 24.6 Å². The van der Waals surface area contributed by atoms with Gasteiger partial charge in [0.1, 0.15) is 11.6 Å². The van der Waals surface area contributed by atoms with Gasteiger partial charge in [-0.2, -0.15) is 0 Å². The van der Waals surface area contributed by atoms with Gasteiger partial charge in [-0.3, -0.25) is 9.69 Å². The van der Waals surface area contributed by atoms with E-state index in [-0.39, 0.29) is 5.91 Å². The largest absolute Gasteiger partial charge is 0.341 e. The summed E-state index contributed by atoms with van der Waals surface area (Å²) >= 11 is 0. The number of piperidine rings is 2. The highest BCUT2D eigenvalue weighted by Crippen LogP contribution is 2.28. The van der Waals surface area contributed by atoms with Crippen LogP contribution in [0.1, 0.15) is 63.5 Å². The Kier molecular flexibility index (Phi) is 5.43. The highest BCUT2D eigenvalue weighted by molar-refractivity contribution is 5.85. The fraction of sp³-hybridized carbons (Fsp3) is 0.833. The second-order valence-corrected chi connectivity index (χ2v) is 8.16. The Hall–Kier alpha value is -1.47. The van der Waals surface area contributed by atoms with Gasteiger partial charge in [0.05, 0.1) is 12.1 Å². The molecule has 1 amide bonds. The highest BCUT2D eigenvalue weighted by atomic mass is 16.2. The lowest BCUT2D eigenvalue weighted by Gasteiger charge is -2.35. The second-order valence-electron chi connectivity index (χ2n) is 8.16. The first-order valence-corrected chi connectivity index (χ1v) is 9.55. The van der Waals surface area contributed by atoms with Crippen LogP contribution in [0, 0.1) is 0 Å². The molecule has 0 spiro atoms. The van der Waals surface area contributed by atoms with Gasteiger partial charge in [0.25, 0.3) is 0 Å². The van der Waals surface area contributed by atoms with Crippen molar-refractivity contribution in [2.24, 2.45) is 12.8 Å². The van der Waals surface area contributed by atoms with Crippen molar-refractivity contribution in [3.05, 3.63) is 11.6 Å². The summed E-state index contributed by atoms with van der Waals surface area (Å²) in [4.78, 5) is 16.7. The number of likely N-dealkylation sites (tertiary alicyclic amines) is 2. The molecule has 0 aromatic carbocycles. The Morgan fingerprint density at radius 2 is 1.76 bits per heavy atom. The van der Waals surface area contributed by atoms with Gasteiger partial charge in [0, 0.05) is 26.1 Å². The summed E-state index contributed by atoms with van der Waals surface area (Å²) in [5.74, 6) is 2.52. The normalized spacial score (nSPS) is 20.9. The van der Waals surface area contributed by atoms with E-state index in [0.717, 1.165) is 57.2 Å². The molecule has 7 heteroatoms. The average molecular weight is 348 g/mol. The maximum Gasteiger partial charge on any atom is 0.242 e. The quantitative estimate of drug-likeness (QED) is 0.886. The second kappa shape index (κ2) is 7.41. The third-order valence-electron chi connectivity index (χ3n) is 5.51. The number of carbonyl (C=O) groups excluding carboxylic acids is 1. The molecule has 2 N–H and O–H groups in total. The molecule has 2 fully saturated rings. The van der Waals surface area contributed by atoms with E-state index in [9.17, 15) is 4.79 Å². The predicted octanol–water partition coefficient (Wildman–Crippen LogP) is 1.24. The molecule has 0 aliphatic carbocycles. The van der Waals surface area contributed by atoms with Gasteiger partial charge in [0.15, 0.2) is 0 Å².